The van der Waals surface area contributed by atoms with Crippen molar-refractivity contribution in [2.45, 2.75) is 25.7 Å². The first-order chi connectivity index (χ1) is 14.4. The van der Waals surface area contributed by atoms with Gasteiger partial charge < -0.3 is 28.5 Å². The van der Waals surface area contributed by atoms with Gasteiger partial charge in [-0.05, 0) is 30.7 Å². The molecular formula is C23H20O7. The summed E-state index contributed by atoms with van der Waals surface area (Å²) in [6.45, 7) is 5.85. The molecule has 2 aromatic carbocycles. The van der Waals surface area contributed by atoms with Crippen molar-refractivity contribution in [2.24, 2.45) is 0 Å². The lowest BCUT2D eigenvalue weighted by Gasteiger charge is -2.25. The minimum absolute atomic E-state index is 0.0550. The summed E-state index contributed by atoms with van der Waals surface area (Å²) in [5.41, 5.74) is 2.52. The predicted octanol–water partition coefficient (Wildman–Crippen LogP) is 3.74. The van der Waals surface area contributed by atoms with E-state index in [1.165, 1.54) is 14.2 Å². The van der Waals surface area contributed by atoms with E-state index >= 15 is 0 Å². The number of fused-ring (bicyclic) bond motifs is 6. The van der Waals surface area contributed by atoms with Gasteiger partial charge in [-0.3, -0.25) is 4.79 Å². The zero-order valence-corrected chi connectivity index (χ0v) is 16.8. The highest BCUT2D eigenvalue weighted by Gasteiger charge is 2.34. The van der Waals surface area contributed by atoms with Crippen LogP contribution in [0.3, 0.4) is 0 Å². The van der Waals surface area contributed by atoms with Crippen molar-refractivity contribution in [1.29, 1.82) is 0 Å². The standard InChI is InChI=1S/C23H20O7/c1-10(2)15-8-13-14(28-15)6-5-11-20(24)19-12-7-17(26-3)18(27-4)9-16(12)29-23(25)22(19)30-21(11)13/h5-7,9,15,23,25H,1,8H2,2-4H3/t15-,23-/m0/s1. The van der Waals surface area contributed by atoms with Gasteiger partial charge in [0.25, 0.3) is 6.29 Å². The number of rotatable bonds is 3. The first-order valence-corrected chi connectivity index (χ1v) is 9.48. The summed E-state index contributed by atoms with van der Waals surface area (Å²) >= 11 is 0. The molecular weight excluding hydrogens is 388 g/mol. The Hall–Kier alpha value is -3.45. The van der Waals surface area contributed by atoms with Crippen LogP contribution in [0.5, 0.6) is 23.0 Å². The van der Waals surface area contributed by atoms with Gasteiger partial charge in [0.05, 0.1) is 25.2 Å². The maximum absolute atomic E-state index is 13.5. The molecule has 30 heavy (non-hydrogen) atoms. The summed E-state index contributed by atoms with van der Waals surface area (Å²) in [7, 11) is 3.01. The average molecular weight is 408 g/mol. The summed E-state index contributed by atoms with van der Waals surface area (Å²) < 4.78 is 28.3. The van der Waals surface area contributed by atoms with E-state index in [1.807, 2.05) is 6.92 Å². The van der Waals surface area contributed by atoms with Crippen LogP contribution in [0, 0.1) is 0 Å². The van der Waals surface area contributed by atoms with E-state index in [2.05, 4.69) is 6.58 Å². The molecule has 0 amide bonds. The van der Waals surface area contributed by atoms with Gasteiger partial charge in [-0.25, -0.2) is 0 Å². The largest absolute Gasteiger partial charge is 0.493 e. The van der Waals surface area contributed by atoms with E-state index < -0.39 is 6.29 Å². The van der Waals surface area contributed by atoms with Crippen molar-refractivity contribution in [1.82, 2.24) is 0 Å². The van der Waals surface area contributed by atoms with E-state index in [-0.39, 0.29) is 22.9 Å². The second-order valence-electron chi connectivity index (χ2n) is 7.42. The number of ether oxygens (including phenoxy) is 4. The Morgan fingerprint density at radius 1 is 1.13 bits per heavy atom. The molecule has 0 bridgehead atoms. The van der Waals surface area contributed by atoms with E-state index in [4.69, 9.17) is 23.4 Å². The Labute approximate surface area is 172 Å². The summed E-state index contributed by atoms with van der Waals surface area (Å²) in [5.74, 6) is 1.88. The number of hydrogen-bond acceptors (Lipinski definition) is 7. The van der Waals surface area contributed by atoms with Gasteiger partial charge in [0.2, 0.25) is 5.43 Å². The first kappa shape index (κ1) is 18.6. The fourth-order valence-corrected chi connectivity index (χ4v) is 4.03. The molecule has 0 fully saturated rings. The third-order valence-electron chi connectivity index (χ3n) is 5.57. The molecule has 2 aliphatic heterocycles. The molecule has 1 N–H and O–H groups in total. The number of methoxy groups -OCH3 is 2. The Morgan fingerprint density at radius 2 is 1.87 bits per heavy atom. The summed E-state index contributed by atoms with van der Waals surface area (Å²) in [5, 5.41) is 11.0. The molecule has 2 atom stereocenters. The highest BCUT2D eigenvalue weighted by Crippen LogP contribution is 2.47. The highest BCUT2D eigenvalue weighted by atomic mass is 16.6. The Morgan fingerprint density at radius 3 is 2.57 bits per heavy atom. The molecule has 0 unspecified atom stereocenters. The van der Waals surface area contributed by atoms with Gasteiger partial charge in [-0.15, -0.1) is 0 Å². The minimum Gasteiger partial charge on any atom is -0.493 e. The lowest BCUT2D eigenvalue weighted by molar-refractivity contribution is -0.0377. The lowest BCUT2D eigenvalue weighted by Crippen LogP contribution is -2.20. The van der Waals surface area contributed by atoms with Crippen LogP contribution in [-0.2, 0) is 6.42 Å². The van der Waals surface area contributed by atoms with Crippen molar-refractivity contribution in [2.75, 3.05) is 14.2 Å². The van der Waals surface area contributed by atoms with Crippen molar-refractivity contribution in [3.63, 3.8) is 0 Å². The molecule has 3 aromatic rings. The first-order valence-electron chi connectivity index (χ1n) is 9.48. The van der Waals surface area contributed by atoms with Crippen LogP contribution < -0.4 is 24.4 Å². The Balaban J connectivity index is 1.78. The predicted molar refractivity (Wildman–Crippen MR) is 110 cm³/mol. The average Bonchev–Trinajstić information content (AvgIpc) is 3.18. The van der Waals surface area contributed by atoms with Crippen LogP contribution in [0.2, 0.25) is 0 Å². The van der Waals surface area contributed by atoms with Crippen LogP contribution in [-0.4, -0.2) is 25.4 Å². The number of hydrogen-bond donors (Lipinski definition) is 1. The lowest BCUT2D eigenvalue weighted by atomic mass is 9.96. The van der Waals surface area contributed by atoms with E-state index in [0.29, 0.717) is 46.0 Å². The van der Waals surface area contributed by atoms with Crippen molar-refractivity contribution < 1.29 is 28.5 Å². The number of aliphatic hydroxyl groups is 1. The van der Waals surface area contributed by atoms with E-state index in [9.17, 15) is 9.90 Å². The van der Waals surface area contributed by atoms with Gasteiger partial charge in [0, 0.05) is 23.6 Å². The van der Waals surface area contributed by atoms with Crippen molar-refractivity contribution in [3.8, 4) is 34.1 Å². The third-order valence-corrected chi connectivity index (χ3v) is 5.57. The number of aliphatic hydroxyl groups excluding tert-OH is 1. The maximum Gasteiger partial charge on any atom is 0.257 e. The minimum atomic E-state index is -1.43. The summed E-state index contributed by atoms with van der Waals surface area (Å²) in [6, 6.07) is 6.69. The Bertz CT molecular complexity index is 1270. The Kier molecular flexibility index (Phi) is 4.04. The molecule has 1 aromatic heterocycles. The third kappa shape index (κ3) is 2.52. The van der Waals surface area contributed by atoms with Gasteiger partial charge >= 0.3 is 0 Å². The molecule has 0 spiro atoms. The molecule has 154 valence electrons. The zero-order valence-electron chi connectivity index (χ0n) is 16.8. The SMILES string of the molecule is C=C(C)[C@@H]1Cc2c(ccc3c(=O)c4c(oc23)[C@@H](O)Oc2cc(OC)c(OC)cc2-4)O1. The second kappa shape index (κ2) is 6.53. The van der Waals surface area contributed by atoms with Crippen LogP contribution in [0.4, 0.5) is 0 Å². The van der Waals surface area contributed by atoms with Gasteiger partial charge in [-0.2, -0.15) is 0 Å². The molecule has 7 heteroatoms. The maximum atomic E-state index is 13.5. The summed E-state index contributed by atoms with van der Waals surface area (Å²) in [4.78, 5) is 13.5. The second-order valence-corrected chi connectivity index (χ2v) is 7.42. The monoisotopic (exact) mass is 408 g/mol. The van der Waals surface area contributed by atoms with Crippen LogP contribution in [0.1, 0.15) is 24.5 Å². The molecule has 0 saturated carbocycles. The molecule has 0 saturated heterocycles. The molecule has 0 radical (unpaired) electrons. The van der Waals surface area contributed by atoms with Crippen molar-refractivity contribution in [3.05, 3.63) is 58.0 Å². The van der Waals surface area contributed by atoms with E-state index in [1.54, 1.807) is 24.3 Å². The van der Waals surface area contributed by atoms with Gasteiger partial charge in [-0.1, -0.05) is 6.58 Å². The topological polar surface area (TPSA) is 87.4 Å². The van der Waals surface area contributed by atoms with Gasteiger partial charge in [0.1, 0.15) is 23.2 Å². The summed E-state index contributed by atoms with van der Waals surface area (Å²) in [6.07, 6.45) is -1.06. The van der Waals surface area contributed by atoms with E-state index in [0.717, 1.165) is 11.1 Å². The van der Waals surface area contributed by atoms with Gasteiger partial charge in [0.15, 0.2) is 17.3 Å². The molecule has 2 aliphatic rings. The molecule has 0 aliphatic carbocycles. The quantitative estimate of drug-likeness (QED) is 0.661. The molecule has 7 nitrogen and oxygen atoms in total. The molecule has 3 heterocycles. The highest BCUT2D eigenvalue weighted by molar-refractivity contribution is 5.89. The smallest absolute Gasteiger partial charge is 0.257 e. The fourth-order valence-electron chi connectivity index (χ4n) is 4.03. The van der Waals surface area contributed by atoms with Crippen LogP contribution in [0.15, 0.2) is 45.6 Å². The molecule has 5 rings (SSSR count). The number of benzene rings is 2. The fraction of sp³-hybridized carbons (Fsp3) is 0.261. The van der Waals surface area contributed by atoms with Crippen molar-refractivity contribution >= 4 is 11.0 Å². The van der Waals surface area contributed by atoms with Crippen LogP contribution >= 0.6 is 0 Å². The normalized spacial score (nSPS) is 18.7. The van der Waals surface area contributed by atoms with Crippen LogP contribution in [0.25, 0.3) is 22.1 Å². The zero-order chi connectivity index (χ0) is 21.2.